The maximum atomic E-state index is 13.3. The van der Waals surface area contributed by atoms with Gasteiger partial charge in [0, 0.05) is 50.3 Å². The van der Waals surface area contributed by atoms with Gasteiger partial charge in [0.2, 0.25) is 5.91 Å². The Kier molecular flexibility index (Phi) is 4.51. The number of piperazine rings is 1. The summed E-state index contributed by atoms with van der Waals surface area (Å²) in [4.78, 5) is 44.0. The van der Waals surface area contributed by atoms with Gasteiger partial charge in [-0.1, -0.05) is 0 Å². The fraction of sp³-hybridized carbons (Fsp3) is 0.476. The fourth-order valence-electron chi connectivity index (χ4n) is 4.27. The lowest BCUT2D eigenvalue weighted by Crippen LogP contribution is -2.50. The van der Waals surface area contributed by atoms with Crippen LogP contribution in [0.25, 0.3) is 11.7 Å². The smallest absolute Gasteiger partial charge is 0.326 e. The Labute approximate surface area is 192 Å². The van der Waals surface area contributed by atoms with E-state index in [0.717, 1.165) is 18.7 Å². The lowest BCUT2D eigenvalue weighted by Gasteiger charge is -2.35. The number of fused-ring (bicyclic) bond motifs is 1. The monoisotopic (exact) mass is 472 g/mol. The van der Waals surface area contributed by atoms with Crippen molar-refractivity contribution >= 4 is 41.2 Å². The first-order valence-electron chi connectivity index (χ1n) is 11.2. The van der Waals surface area contributed by atoms with E-state index in [1.807, 2.05) is 11.0 Å². The second-order valence-corrected chi connectivity index (χ2v) is 9.05. The van der Waals surface area contributed by atoms with Gasteiger partial charge in [0.05, 0.1) is 6.20 Å². The minimum atomic E-state index is -2.87. The number of rotatable bonds is 5. The number of anilines is 2. The van der Waals surface area contributed by atoms with E-state index in [9.17, 15) is 23.2 Å². The molecule has 34 heavy (non-hydrogen) atoms. The molecular formula is C21H22F2N8O3. The molecule has 4 amide bonds. The number of aromatic nitrogens is 3. The van der Waals surface area contributed by atoms with Crippen molar-refractivity contribution in [1.29, 1.82) is 0 Å². The number of urea groups is 1. The van der Waals surface area contributed by atoms with Crippen LogP contribution in [-0.2, 0) is 9.59 Å². The van der Waals surface area contributed by atoms with Gasteiger partial charge >= 0.3 is 6.03 Å². The standard InChI is InChI=1S/C21H22F2N8O3/c22-21(23)9-13(21)19(33)30-5-3-29(4-6-30)15-8-16(25-12-1-2-12)31-17(27-15)11(10-24-31)7-14-18(32)28-20(34)26-14/h7-8,10,12-13,25H,1-6,9H2,(H2,26,28,32,34)/b14-7-. The summed E-state index contributed by atoms with van der Waals surface area (Å²) in [5, 5.41) is 12.5. The van der Waals surface area contributed by atoms with Gasteiger partial charge in [0.25, 0.3) is 11.8 Å². The van der Waals surface area contributed by atoms with Gasteiger partial charge in [0.15, 0.2) is 5.65 Å². The second kappa shape index (κ2) is 7.37. The Hall–Kier alpha value is -3.77. The molecule has 11 nitrogen and oxygen atoms in total. The Morgan fingerprint density at radius 3 is 2.53 bits per heavy atom. The van der Waals surface area contributed by atoms with Crippen LogP contribution in [0, 0.1) is 5.92 Å². The van der Waals surface area contributed by atoms with Crippen LogP contribution in [0.2, 0.25) is 0 Å². The lowest BCUT2D eigenvalue weighted by molar-refractivity contribution is -0.135. The summed E-state index contributed by atoms with van der Waals surface area (Å²) >= 11 is 0. The Balaban J connectivity index is 1.27. The molecule has 178 valence electrons. The molecule has 2 aromatic rings. The summed E-state index contributed by atoms with van der Waals surface area (Å²) in [7, 11) is 0. The molecular weight excluding hydrogens is 450 g/mol. The first-order valence-corrected chi connectivity index (χ1v) is 11.2. The highest BCUT2D eigenvalue weighted by molar-refractivity contribution is 6.14. The van der Waals surface area contributed by atoms with Crippen LogP contribution in [-0.4, -0.2) is 75.5 Å². The van der Waals surface area contributed by atoms with Gasteiger partial charge in [-0.3, -0.25) is 14.9 Å². The number of carbonyl (C=O) groups is 3. The number of carbonyl (C=O) groups excluding carboxylic acids is 3. The summed E-state index contributed by atoms with van der Waals surface area (Å²) in [6.45, 7) is 1.59. The number of hydrogen-bond donors (Lipinski definition) is 3. The van der Waals surface area contributed by atoms with E-state index >= 15 is 0 Å². The zero-order valence-electron chi connectivity index (χ0n) is 18.1. The third-order valence-corrected chi connectivity index (χ3v) is 6.47. The van der Waals surface area contributed by atoms with E-state index in [4.69, 9.17) is 4.98 Å². The first-order chi connectivity index (χ1) is 16.3. The van der Waals surface area contributed by atoms with Crippen LogP contribution < -0.4 is 20.9 Å². The SMILES string of the molecule is O=C1NC(=O)/C(=C/c2cnn3c(NC4CC4)cc(N4CCN(C(=O)C5CC5(F)F)CC4)nc23)N1. The maximum absolute atomic E-state index is 13.3. The van der Waals surface area contributed by atoms with E-state index in [0.29, 0.717) is 49.2 Å². The molecule has 2 saturated carbocycles. The summed E-state index contributed by atoms with van der Waals surface area (Å²) in [6.07, 6.45) is 4.83. The van der Waals surface area contributed by atoms with Crippen molar-refractivity contribution in [3.8, 4) is 0 Å². The topological polar surface area (TPSA) is 124 Å². The molecule has 1 unspecified atom stereocenters. The van der Waals surface area contributed by atoms with Gasteiger partial charge in [0.1, 0.15) is 23.3 Å². The molecule has 4 fully saturated rings. The third-order valence-electron chi connectivity index (χ3n) is 6.47. The molecule has 2 aromatic heterocycles. The highest BCUT2D eigenvalue weighted by Gasteiger charge is 2.62. The molecule has 2 saturated heterocycles. The van der Waals surface area contributed by atoms with E-state index in [2.05, 4.69) is 21.0 Å². The lowest BCUT2D eigenvalue weighted by atomic mass is 10.2. The molecule has 1 atom stereocenters. The van der Waals surface area contributed by atoms with Crippen LogP contribution in [0.4, 0.5) is 25.2 Å². The molecule has 13 heteroatoms. The van der Waals surface area contributed by atoms with Crippen molar-refractivity contribution < 1.29 is 23.2 Å². The molecule has 4 aliphatic rings. The zero-order chi connectivity index (χ0) is 23.6. The molecule has 6 rings (SSSR count). The van der Waals surface area contributed by atoms with Gasteiger partial charge in [-0.15, -0.1) is 0 Å². The Morgan fingerprint density at radius 2 is 1.91 bits per heavy atom. The minimum Gasteiger partial charge on any atom is -0.367 e. The summed E-state index contributed by atoms with van der Waals surface area (Å²) in [6, 6.07) is 1.64. The van der Waals surface area contributed by atoms with E-state index in [1.54, 1.807) is 10.7 Å². The predicted octanol–water partition coefficient (Wildman–Crippen LogP) is 0.788. The number of nitrogens with zero attached hydrogens (tertiary/aromatic N) is 5. The molecule has 3 N–H and O–H groups in total. The third kappa shape index (κ3) is 3.70. The molecule has 0 aromatic carbocycles. The zero-order valence-corrected chi connectivity index (χ0v) is 18.1. The molecule has 2 aliphatic carbocycles. The van der Waals surface area contributed by atoms with Crippen molar-refractivity contribution in [2.24, 2.45) is 5.92 Å². The predicted molar refractivity (Wildman–Crippen MR) is 116 cm³/mol. The molecule has 4 heterocycles. The van der Waals surface area contributed by atoms with Crippen molar-refractivity contribution in [2.75, 3.05) is 36.4 Å². The van der Waals surface area contributed by atoms with Crippen LogP contribution in [0.15, 0.2) is 18.0 Å². The highest BCUT2D eigenvalue weighted by atomic mass is 19.3. The van der Waals surface area contributed by atoms with Crippen molar-refractivity contribution in [3.63, 3.8) is 0 Å². The number of alkyl halides is 2. The Bertz CT molecular complexity index is 1250. The Morgan fingerprint density at radius 1 is 1.18 bits per heavy atom. The molecule has 2 aliphatic heterocycles. The average Bonchev–Trinajstić information content (AvgIpc) is 3.66. The number of amides is 4. The van der Waals surface area contributed by atoms with Gasteiger partial charge < -0.3 is 20.4 Å². The number of nitrogens with one attached hydrogen (secondary N) is 3. The second-order valence-electron chi connectivity index (χ2n) is 9.05. The first kappa shape index (κ1) is 20.8. The van der Waals surface area contributed by atoms with Crippen LogP contribution >= 0.6 is 0 Å². The molecule has 0 bridgehead atoms. The summed E-state index contributed by atoms with van der Waals surface area (Å²) < 4.78 is 28.3. The molecule has 0 radical (unpaired) electrons. The van der Waals surface area contributed by atoms with Crippen molar-refractivity contribution in [2.45, 2.75) is 31.2 Å². The van der Waals surface area contributed by atoms with E-state index in [1.165, 1.54) is 11.0 Å². The van der Waals surface area contributed by atoms with Crippen LogP contribution in [0.5, 0.6) is 0 Å². The van der Waals surface area contributed by atoms with Gasteiger partial charge in [-0.2, -0.15) is 9.61 Å². The average molecular weight is 472 g/mol. The van der Waals surface area contributed by atoms with E-state index in [-0.39, 0.29) is 12.1 Å². The normalized spacial score (nSPS) is 25.0. The van der Waals surface area contributed by atoms with E-state index < -0.39 is 29.7 Å². The van der Waals surface area contributed by atoms with Gasteiger partial charge in [-0.05, 0) is 18.9 Å². The number of halogens is 2. The maximum Gasteiger partial charge on any atom is 0.326 e. The fourth-order valence-corrected chi connectivity index (χ4v) is 4.27. The minimum absolute atomic E-state index is 0.104. The van der Waals surface area contributed by atoms with Crippen LogP contribution in [0.1, 0.15) is 24.8 Å². The van der Waals surface area contributed by atoms with Crippen molar-refractivity contribution in [3.05, 3.63) is 23.5 Å². The summed E-state index contributed by atoms with van der Waals surface area (Å²) in [5.74, 6) is -3.67. The summed E-state index contributed by atoms with van der Waals surface area (Å²) in [5.41, 5.74) is 1.16. The number of imide groups is 1. The number of hydrogen-bond acceptors (Lipinski definition) is 7. The van der Waals surface area contributed by atoms with Gasteiger partial charge in [-0.25, -0.2) is 18.6 Å². The highest BCUT2D eigenvalue weighted by Crippen LogP contribution is 2.49. The van der Waals surface area contributed by atoms with Crippen LogP contribution in [0.3, 0.4) is 0 Å². The molecule has 0 spiro atoms. The van der Waals surface area contributed by atoms with Crippen molar-refractivity contribution in [1.82, 2.24) is 30.1 Å². The quantitative estimate of drug-likeness (QED) is 0.434. The largest absolute Gasteiger partial charge is 0.367 e.